The Bertz CT molecular complexity index is 226. The van der Waals surface area contributed by atoms with E-state index >= 15 is 0 Å². The van der Waals surface area contributed by atoms with Crippen molar-refractivity contribution in [1.82, 2.24) is 4.90 Å². The number of unbranched alkanes of at least 4 members (excludes halogenated alkanes) is 1. The van der Waals surface area contributed by atoms with Crippen LogP contribution in [0.25, 0.3) is 0 Å². The summed E-state index contributed by atoms with van der Waals surface area (Å²) in [6.45, 7) is 2.72. The molecule has 0 aliphatic carbocycles. The van der Waals surface area contributed by atoms with Crippen LogP contribution in [0.5, 0.6) is 0 Å². The third-order valence-corrected chi connectivity index (χ3v) is 1.59. The van der Waals surface area contributed by atoms with E-state index in [1.807, 2.05) is 6.92 Å². The van der Waals surface area contributed by atoms with E-state index in [0.717, 1.165) is 18.9 Å². The number of carbonyl (C=O) groups is 2. The molecule has 0 bridgehead atoms. The summed E-state index contributed by atoms with van der Waals surface area (Å²) in [5.74, 6) is -1.49. The summed E-state index contributed by atoms with van der Waals surface area (Å²) in [4.78, 5) is 22.4. The maximum Gasteiger partial charge on any atom is 0.329 e. The summed E-state index contributed by atoms with van der Waals surface area (Å²) in [5.41, 5.74) is 5.01. The Morgan fingerprint density at radius 1 is 1.50 bits per heavy atom. The highest BCUT2D eigenvalue weighted by atomic mass is 16.4. The molecule has 0 aliphatic rings. The van der Waals surface area contributed by atoms with Gasteiger partial charge in [0, 0.05) is 18.8 Å². The van der Waals surface area contributed by atoms with Gasteiger partial charge in [-0.05, 0) is 6.42 Å². The minimum absolute atomic E-state index is 0.0593. The Morgan fingerprint density at radius 2 is 2.14 bits per heavy atom. The zero-order chi connectivity index (χ0) is 11.0. The van der Waals surface area contributed by atoms with Gasteiger partial charge in [-0.15, -0.1) is 0 Å². The second-order valence-electron chi connectivity index (χ2n) is 2.94. The molecule has 3 N–H and O–H groups in total. The van der Waals surface area contributed by atoms with Crippen LogP contribution in [0.3, 0.4) is 0 Å². The first-order chi connectivity index (χ1) is 6.56. The summed E-state index contributed by atoms with van der Waals surface area (Å²) in [6, 6.07) is 0. The molecule has 1 amide bonds. The number of primary amides is 1. The molecule has 0 radical (unpaired) electrons. The Morgan fingerprint density at radius 3 is 2.57 bits per heavy atom. The van der Waals surface area contributed by atoms with Gasteiger partial charge in [-0.1, -0.05) is 13.3 Å². The lowest BCUT2D eigenvalue weighted by Gasteiger charge is -2.17. The molecule has 14 heavy (non-hydrogen) atoms. The van der Waals surface area contributed by atoms with Crippen LogP contribution < -0.4 is 5.73 Å². The molecular formula is C9H16N2O3. The van der Waals surface area contributed by atoms with E-state index in [0.29, 0.717) is 6.54 Å². The molecule has 0 aliphatic heterocycles. The van der Waals surface area contributed by atoms with Gasteiger partial charge in [0.05, 0.1) is 6.54 Å². The number of carbonyl (C=O) groups excluding carboxylic acids is 1. The minimum Gasteiger partial charge on any atom is -0.478 e. The Labute approximate surface area is 83.2 Å². The van der Waals surface area contributed by atoms with Gasteiger partial charge >= 0.3 is 5.97 Å². The number of nitrogens with zero attached hydrogens (tertiary/aromatic N) is 1. The molecule has 0 saturated heterocycles. The van der Waals surface area contributed by atoms with Gasteiger partial charge in [0.2, 0.25) is 5.91 Å². The lowest BCUT2D eigenvalue weighted by atomic mass is 10.3. The summed E-state index contributed by atoms with van der Waals surface area (Å²) in [5, 5.41) is 8.39. The van der Waals surface area contributed by atoms with Gasteiger partial charge in [0.15, 0.2) is 0 Å². The van der Waals surface area contributed by atoms with Gasteiger partial charge in [0.25, 0.3) is 0 Å². The van der Waals surface area contributed by atoms with Crippen LogP contribution in [-0.4, -0.2) is 35.0 Å². The minimum atomic E-state index is -1.03. The average molecular weight is 200 g/mol. The van der Waals surface area contributed by atoms with E-state index in [4.69, 9.17) is 10.8 Å². The Kier molecular flexibility index (Phi) is 6.19. The molecule has 0 rings (SSSR count). The van der Waals surface area contributed by atoms with E-state index in [9.17, 15) is 9.59 Å². The Balaban J connectivity index is 4.09. The van der Waals surface area contributed by atoms with Crippen LogP contribution in [0.15, 0.2) is 12.3 Å². The molecule has 0 atom stereocenters. The number of rotatable bonds is 7. The van der Waals surface area contributed by atoms with Gasteiger partial charge in [0.1, 0.15) is 0 Å². The summed E-state index contributed by atoms with van der Waals surface area (Å²) >= 11 is 0. The van der Waals surface area contributed by atoms with Crippen molar-refractivity contribution in [1.29, 1.82) is 0 Å². The molecular weight excluding hydrogens is 184 g/mol. The van der Waals surface area contributed by atoms with E-state index in [1.165, 1.54) is 6.20 Å². The topological polar surface area (TPSA) is 83.6 Å². The smallest absolute Gasteiger partial charge is 0.329 e. The molecule has 0 aromatic carbocycles. The van der Waals surface area contributed by atoms with Crippen molar-refractivity contribution in [3.05, 3.63) is 12.3 Å². The number of aliphatic carboxylic acids is 1. The molecule has 0 aromatic heterocycles. The summed E-state index contributed by atoms with van der Waals surface area (Å²) < 4.78 is 0. The fourth-order valence-electron chi connectivity index (χ4n) is 0.937. The molecule has 0 spiro atoms. The van der Waals surface area contributed by atoms with Crippen LogP contribution in [-0.2, 0) is 9.59 Å². The van der Waals surface area contributed by atoms with Crippen LogP contribution in [0.2, 0.25) is 0 Å². The number of nitrogens with two attached hydrogens (primary N) is 1. The first-order valence-electron chi connectivity index (χ1n) is 4.49. The number of hydrogen-bond donors (Lipinski definition) is 2. The lowest BCUT2D eigenvalue weighted by molar-refractivity contribution is -0.131. The van der Waals surface area contributed by atoms with Crippen molar-refractivity contribution in [2.24, 2.45) is 5.73 Å². The quantitative estimate of drug-likeness (QED) is 0.574. The third-order valence-electron chi connectivity index (χ3n) is 1.59. The standard InChI is InChI=1S/C9H16N2O3/c1-2-3-5-11(7-8(10)12)6-4-9(13)14/h4,6H,2-3,5,7H2,1H3,(H2,10,12)(H,13,14). The van der Waals surface area contributed by atoms with Crippen molar-refractivity contribution < 1.29 is 14.7 Å². The highest BCUT2D eigenvalue weighted by Crippen LogP contribution is 1.95. The molecule has 5 nitrogen and oxygen atoms in total. The molecule has 80 valence electrons. The zero-order valence-electron chi connectivity index (χ0n) is 8.27. The summed E-state index contributed by atoms with van der Waals surface area (Å²) in [7, 11) is 0. The largest absolute Gasteiger partial charge is 0.478 e. The third kappa shape index (κ3) is 7.15. The SMILES string of the molecule is CCCCN(C=CC(=O)O)CC(N)=O. The van der Waals surface area contributed by atoms with E-state index in [-0.39, 0.29) is 6.54 Å². The van der Waals surface area contributed by atoms with Gasteiger partial charge in [-0.25, -0.2) is 4.79 Å². The molecule has 0 unspecified atom stereocenters. The highest BCUT2D eigenvalue weighted by molar-refractivity contribution is 5.80. The van der Waals surface area contributed by atoms with Crippen molar-refractivity contribution >= 4 is 11.9 Å². The maximum absolute atomic E-state index is 10.6. The molecule has 0 saturated carbocycles. The van der Waals surface area contributed by atoms with E-state index < -0.39 is 11.9 Å². The fraction of sp³-hybridized carbons (Fsp3) is 0.556. The van der Waals surface area contributed by atoms with Crippen molar-refractivity contribution in [2.45, 2.75) is 19.8 Å². The number of carboxylic acids is 1. The molecule has 0 fully saturated rings. The maximum atomic E-state index is 10.6. The molecule has 5 heteroatoms. The van der Waals surface area contributed by atoms with Crippen LogP contribution >= 0.6 is 0 Å². The first kappa shape index (κ1) is 12.5. The normalized spacial score (nSPS) is 10.4. The predicted molar refractivity (Wildman–Crippen MR) is 52.5 cm³/mol. The number of amides is 1. The lowest BCUT2D eigenvalue weighted by Crippen LogP contribution is -2.30. The molecule has 0 heterocycles. The summed E-state index contributed by atoms with van der Waals surface area (Å²) in [6.07, 6.45) is 4.26. The van der Waals surface area contributed by atoms with Crippen LogP contribution in [0.1, 0.15) is 19.8 Å². The highest BCUT2D eigenvalue weighted by Gasteiger charge is 2.02. The van der Waals surface area contributed by atoms with Gasteiger partial charge in [-0.3, -0.25) is 4.79 Å². The van der Waals surface area contributed by atoms with Crippen molar-refractivity contribution in [3.8, 4) is 0 Å². The number of carboxylic acid groups (broad SMARTS) is 1. The van der Waals surface area contributed by atoms with E-state index in [1.54, 1.807) is 4.90 Å². The van der Waals surface area contributed by atoms with Crippen LogP contribution in [0.4, 0.5) is 0 Å². The second kappa shape index (κ2) is 6.94. The fourth-order valence-corrected chi connectivity index (χ4v) is 0.937. The van der Waals surface area contributed by atoms with E-state index in [2.05, 4.69) is 0 Å². The van der Waals surface area contributed by atoms with Gasteiger partial charge in [-0.2, -0.15) is 0 Å². The van der Waals surface area contributed by atoms with Crippen molar-refractivity contribution in [2.75, 3.05) is 13.1 Å². The first-order valence-corrected chi connectivity index (χ1v) is 4.49. The second-order valence-corrected chi connectivity index (χ2v) is 2.94. The van der Waals surface area contributed by atoms with Crippen molar-refractivity contribution in [3.63, 3.8) is 0 Å². The predicted octanol–water partition coefficient (Wildman–Crippen LogP) is 0.172. The number of hydrogen-bond acceptors (Lipinski definition) is 3. The zero-order valence-corrected chi connectivity index (χ0v) is 8.27. The molecule has 0 aromatic rings. The average Bonchev–Trinajstić information content (AvgIpc) is 2.09. The Hall–Kier alpha value is -1.52. The van der Waals surface area contributed by atoms with Crippen LogP contribution in [0, 0.1) is 0 Å². The van der Waals surface area contributed by atoms with Gasteiger partial charge < -0.3 is 15.7 Å². The monoisotopic (exact) mass is 200 g/mol.